The van der Waals surface area contributed by atoms with Crippen LogP contribution in [0.25, 0.3) is 0 Å². The predicted molar refractivity (Wildman–Crippen MR) is 368 cm³/mol. The van der Waals surface area contributed by atoms with Gasteiger partial charge in [-0.3, -0.25) is 37.3 Å². The van der Waals surface area contributed by atoms with E-state index in [2.05, 4.69) is 34.6 Å². The van der Waals surface area contributed by atoms with Crippen molar-refractivity contribution in [3.8, 4) is 0 Å². The van der Waals surface area contributed by atoms with Gasteiger partial charge in [-0.15, -0.1) is 0 Å². The van der Waals surface area contributed by atoms with Gasteiger partial charge in [-0.05, 0) is 31.6 Å². The fraction of sp³-hybridized carbons (Fsp3) is 0.944. The van der Waals surface area contributed by atoms with Gasteiger partial charge < -0.3 is 33.8 Å². The van der Waals surface area contributed by atoms with E-state index in [1.54, 1.807) is 0 Å². The summed E-state index contributed by atoms with van der Waals surface area (Å²) in [5, 5.41) is 10.6. The van der Waals surface area contributed by atoms with Gasteiger partial charge in [-0.1, -0.05) is 324 Å². The van der Waals surface area contributed by atoms with Crippen LogP contribution in [0, 0.1) is 5.92 Å². The number of carbonyl (C=O) groups excluding carboxylic acids is 4. The minimum Gasteiger partial charge on any atom is -0.462 e. The van der Waals surface area contributed by atoms with Gasteiger partial charge in [-0.2, -0.15) is 0 Å². The van der Waals surface area contributed by atoms with Crippen LogP contribution >= 0.6 is 15.6 Å². The van der Waals surface area contributed by atoms with Gasteiger partial charge in [0, 0.05) is 25.7 Å². The highest BCUT2D eigenvalue weighted by Gasteiger charge is 2.30. The predicted octanol–water partition coefficient (Wildman–Crippen LogP) is 20.9. The smallest absolute Gasteiger partial charge is 0.462 e. The van der Waals surface area contributed by atoms with Gasteiger partial charge in [0.25, 0.3) is 0 Å². The van der Waals surface area contributed by atoms with Crippen molar-refractivity contribution in [1.82, 2.24) is 0 Å². The molecule has 17 nitrogen and oxygen atoms in total. The molecule has 0 aliphatic heterocycles. The standard InChI is InChI=1S/C72H140O17P2/c1-6-9-12-15-18-21-23-25-27-28-29-31-33-37-42-47-52-57-71(76)88-68(62-83-70(75)56-51-46-41-36-32-30-26-24-22-19-16-13-10-7-2)64-87-91(80,81)85-60-66(73)59-84-90(78,79)86-63-67(61-82-69(74)55-50-45-40-20-17-14-11-8-3)89-72(77)58-53-48-43-38-34-35-39-44-49-54-65(4)5/h65-68,73H,6-64H2,1-5H3,(H,78,79)(H,80,81)/t66-,67+,68+/m0/s1. The first-order valence-electron chi connectivity index (χ1n) is 37.6. The first-order chi connectivity index (χ1) is 44.0. The maximum Gasteiger partial charge on any atom is 0.472 e. The summed E-state index contributed by atoms with van der Waals surface area (Å²) in [5.41, 5.74) is 0. The van der Waals surface area contributed by atoms with Crippen LogP contribution in [0.4, 0.5) is 0 Å². The summed E-state index contributed by atoms with van der Waals surface area (Å²) < 4.78 is 68.3. The Bertz CT molecular complexity index is 1750. The van der Waals surface area contributed by atoms with Crippen LogP contribution in [-0.2, 0) is 65.4 Å². The van der Waals surface area contributed by atoms with Gasteiger partial charge in [0.05, 0.1) is 26.4 Å². The van der Waals surface area contributed by atoms with E-state index < -0.39 is 97.5 Å². The molecule has 5 atom stereocenters. The first kappa shape index (κ1) is 89.1. The van der Waals surface area contributed by atoms with E-state index in [0.717, 1.165) is 102 Å². The molecule has 0 saturated heterocycles. The maximum absolute atomic E-state index is 13.0. The minimum atomic E-state index is -4.95. The Morgan fingerprint density at radius 1 is 0.297 bits per heavy atom. The number of unbranched alkanes of at least 4 members (excludes halogenated alkanes) is 44. The molecule has 0 aromatic rings. The zero-order valence-corrected chi connectivity index (χ0v) is 60.8. The van der Waals surface area contributed by atoms with Gasteiger partial charge in [0.1, 0.15) is 19.3 Å². The maximum atomic E-state index is 13.0. The molecule has 3 N–H and O–H groups in total. The molecule has 0 aliphatic carbocycles. The molecule has 0 rings (SSSR count). The first-order valence-corrected chi connectivity index (χ1v) is 40.6. The van der Waals surface area contributed by atoms with Crippen molar-refractivity contribution in [2.24, 2.45) is 5.92 Å². The van der Waals surface area contributed by atoms with E-state index >= 15 is 0 Å². The van der Waals surface area contributed by atoms with Crippen LogP contribution in [0.5, 0.6) is 0 Å². The Morgan fingerprint density at radius 3 is 0.747 bits per heavy atom. The molecule has 0 spiro atoms. The van der Waals surface area contributed by atoms with Crippen molar-refractivity contribution >= 4 is 39.5 Å². The number of hydrogen-bond acceptors (Lipinski definition) is 15. The van der Waals surface area contributed by atoms with Crippen molar-refractivity contribution in [3.05, 3.63) is 0 Å². The van der Waals surface area contributed by atoms with Crippen LogP contribution < -0.4 is 0 Å². The van der Waals surface area contributed by atoms with E-state index in [1.807, 2.05) is 0 Å². The van der Waals surface area contributed by atoms with Crippen LogP contribution in [-0.4, -0.2) is 96.7 Å². The average Bonchev–Trinajstić information content (AvgIpc) is 3.59. The molecule has 0 bridgehead atoms. The number of phosphoric acid groups is 2. The van der Waals surface area contributed by atoms with Crippen LogP contribution in [0.15, 0.2) is 0 Å². The lowest BCUT2D eigenvalue weighted by molar-refractivity contribution is -0.161. The molecular weight excluding hydrogens is 1200 g/mol. The molecule has 0 amide bonds. The highest BCUT2D eigenvalue weighted by Crippen LogP contribution is 2.45. The molecule has 0 saturated carbocycles. The molecule has 0 aromatic carbocycles. The second kappa shape index (κ2) is 65.4. The number of hydrogen-bond donors (Lipinski definition) is 3. The number of carbonyl (C=O) groups is 4. The number of phosphoric ester groups is 2. The Hall–Kier alpha value is -1.94. The lowest BCUT2D eigenvalue weighted by Gasteiger charge is -2.21. The van der Waals surface area contributed by atoms with Crippen molar-refractivity contribution in [2.45, 2.75) is 393 Å². The van der Waals surface area contributed by atoms with E-state index in [0.29, 0.717) is 25.7 Å². The topological polar surface area (TPSA) is 237 Å². The normalized spacial score (nSPS) is 14.0. The zero-order chi connectivity index (χ0) is 67.0. The quantitative estimate of drug-likeness (QED) is 0.0222. The fourth-order valence-corrected chi connectivity index (χ4v) is 12.6. The van der Waals surface area contributed by atoms with E-state index in [4.69, 9.17) is 37.0 Å². The molecule has 0 radical (unpaired) electrons. The lowest BCUT2D eigenvalue weighted by Crippen LogP contribution is -2.30. The number of rotatable bonds is 72. The Labute approximate surface area is 556 Å². The Morgan fingerprint density at radius 2 is 0.505 bits per heavy atom. The minimum absolute atomic E-state index is 0.105. The fourth-order valence-electron chi connectivity index (χ4n) is 11.0. The molecule has 91 heavy (non-hydrogen) atoms. The molecule has 0 aliphatic rings. The van der Waals surface area contributed by atoms with Gasteiger partial charge in [0.15, 0.2) is 12.2 Å². The van der Waals surface area contributed by atoms with Gasteiger partial charge in [-0.25, -0.2) is 9.13 Å². The summed E-state index contributed by atoms with van der Waals surface area (Å²) in [6, 6.07) is 0. The molecule has 19 heteroatoms. The van der Waals surface area contributed by atoms with Crippen molar-refractivity contribution in [1.29, 1.82) is 0 Å². The molecule has 0 fully saturated rings. The Kier molecular flexibility index (Phi) is 64.0. The summed E-state index contributed by atoms with van der Waals surface area (Å²) in [4.78, 5) is 72.6. The third-order valence-corrected chi connectivity index (χ3v) is 18.7. The SMILES string of the molecule is CCCCCCCCCCCCCCCCCCCC(=O)O[C@H](COC(=O)CCCCCCCCCCCCCCCC)COP(=O)(O)OC[C@@H](O)COP(=O)(O)OC[C@@H](COC(=O)CCCCCCCCCC)OC(=O)CCCCCCCCCCCC(C)C. The highest BCUT2D eigenvalue weighted by molar-refractivity contribution is 7.47. The molecular formula is C72H140O17P2. The van der Waals surface area contributed by atoms with Gasteiger partial charge in [0.2, 0.25) is 0 Å². The number of ether oxygens (including phenoxy) is 4. The second-order valence-electron chi connectivity index (χ2n) is 26.5. The third kappa shape index (κ3) is 66.5. The molecule has 540 valence electrons. The van der Waals surface area contributed by atoms with E-state index in [-0.39, 0.29) is 25.7 Å². The average molecular weight is 1340 g/mol. The number of aliphatic hydroxyl groups excluding tert-OH is 1. The third-order valence-electron chi connectivity index (χ3n) is 16.8. The van der Waals surface area contributed by atoms with Crippen molar-refractivity contribution in [2.75, 3.05) is 39.6 Å². The summed E-state index contributed by atoms with van der Waals surface area (Å²) in [5.74, 6) is -1.38. The molecule has 0 aromatic heterocycles. The summed E-state index contributed by atoms with van der Waals surface area (Å²) in [6.07, 6.45) is 52.7. The zero-order valence-electron chi connectivity index (χ0n) is 59.0. The number of aliphatic hydroxyl groups is 1. The highest BCUT2D eigenvalue weighted by atomic mass is 31.2. The number of esters is 4. The van der Waals surface area contributed by atoms with Gasteiger partial charge >= 0.3 is 39.5 Å². The molecule has 2 unspecified atom stereocenters. The summed E-state index contributed by atoms with van der Waals surface area (Å²) >= 11 is 0. The van der Waals surface area contributed by atoms with Crippen LogP contribution in [0.3, 0.4) is 0 Å². The Balaban J connectivity index is 5.22. The van der Waals surface area contributed by atoms with Crippen molar-refractivity contribution < 1.29 is 80.2 Å². The largest absolute Gasteiger partial charge is 0.472 e. The second-order valence-corrected chi connectivity index (χ2v) is 29.4. The van der Waals surface area contributed by atoms with E-state index in [9.17, 15) is 43.2 Å². The van der Waals surface area contributed by atoms with Crippen LogP contribution in [0.1, 0.15) is 375 Å². The van der Waals surface area contributed by atoms with Crippen LogP contribution in [0.2, 0.25) is 0 Å². The monoisotopic (exact) mass is 1340 g/mol. The van der Waals surface area contributed by atoms with Crippen molar-refractivity contribution in [3.63, 3.8) is 0 Å². The van der Waals surface area contributed by atoms with E-state index in [1.165, 1.54) is 193 Å². The molecule has 0 heterocycles. The summed E-state index contributed by atoms with van der Waals surface area (Å²) in [7, 11) is -9.90. The lowest BCUT2D eigenvalue weighted by atomic mass is 10.0. The summed E-state index contributed by atoms with van der Waals surface area (Å²) in [6.45, 7) is 7.22.